The van der Waals surface area contributed by atoms with Crippen molar-refractivity contribution in [3.8, 4) is 0 Å². The second kappa shape index (κ2) is 3.35. The van der Waals surface area contributed by atoms with Crippen LogP contribution in [-0.2, 0) is 0 Å². The summed E-state index contributed by atoms with van der Waals surface area (Å²) >= 11 is 0. The Morgan fingerprint density at radius 2 is 2.20 bits per heavy atom. The molecule has 0 aromatic carbocycles. The number of hydrogen-bond donors (Lipinski definition) is 1. The molecule has 2 heteroatoms. The molecule has 1 rings (SSSR count). The molecule has 1 heterocycles. The van der Waals surface area contributed by atoms with Gasteiger partial charge in [-0.2, -0.15) is 0 Å². The van der Waals surface area contributed by atoms with Gasteiger partial charge in [0, 0.05) is 25.2 Å². The van der Waals surface area contributed by atoms with E-state index in [4.69, 9.17) is 0 Å². The van der Waals surface area contributed by atoms with Crippen LogP contribution in [0.25, 0.3) is 0 Å². The number of rotatable bonds is 1. The molecule has 0 bridgehead atoms. The van der Waals surface area contributed by atoms with E-state index in [9.17, 15) is 0 Å². The fourth-order valence-corrected chi connectivity index (χ4v) is 1.67. The average molecular weight is 142 g/mol. The Kier molecular flexibility index (Phi) is 2.69. The minimum absolute atomic E-state index is 0.670. The lowest BCUT2D eigenvalue weighted by molar-refractivity contribution is 0.196. The van der Waals surface area contributed by atoms with E-state index < -0.39 is 0 Å². The Balaban J connectivity index is 2.35. The zero-order chi connectivity index (χ0) is 7.56. The lowest BCUT2D eigenvalue weighted by Gasteiger charge is -2.34. The summed E-state index contributed by atoms with van der Waals surface area (Å²) in [5.41, 5.74) is 0. The van der Waals surface area contributed by atoms with Crippen molar-refractivity contribution in [1.29, 1.82) is 0 Å². The molecule has 1 aliphatic heterocycles. The molecule has 0 aromatic rings. The average Bonchev–Trinajstić information content (AvgIpc) is 1.85. The van der Waals surface area contributed by atoms with Crippen LogP contribution in [0, 0.1) is 0 Å². The number of piperazine rings is 1. The Labute approximate surface area is 63.6 Å². The molecular weight excluding hydrogens is 124 g/mol. The maximum Gasteiger partial charge on any atom is 0.0195 e. The van der Waals surface area contributed by atoms with E-state index in [1.54, 1.807) is 0 Å². The monoisotopic (exact) mass is 142 g/mol. The molecule has 1 aliphatic rings. The molecule has 0 spiro atoms. The van der Waals surface area contributed by atoms with Crippen LogP contribution < -0.4 is 5.32 Å². The van der Waals surface area contributed by atoms with Crippen LogP contribution in [0.4, 0.5) is 0 Å². The molecule has 0 radical (unpaired) electrons. The Morgan fingerprint density at radius 1 is 1.50 bits per heavy atom. The summed E-state index contributed by atoms with van der Waals surface area (Å²) in [6, 6.07) is 1.39. The van der Waals surface area contributed by atoms with Crippen molar-refractivity contribution in [2.45, 2.75) is 32.4 Å². The third kappa shape index (κ3) is 1.96. The largest absolute Gasteiger partial charge is 0.309 e. The summed E-state index contributed by atoms with van der Waals surface area (Å²) in [6.45, 7) is 6.89. The lowest BCUT2D eigenvalue weighted by Crippen LogP contribution is -2.53. The second-order valence-corrected chi connectivity index (χ2v) is 3.39. The first-order chi connectivity index (χ1) is 4.72. The van der Waals surface area contributed by atoms with Crippen LogP contribution in [0.1, 0.15) is 20.3 Å². The normalized spacial score (nSPS) is 36.3. The molecular formula is C8H18N2. The SMILES string of the molecule is CC[C@@H]1CN(C)C[C@@H](C)N1. The molecule has 0 aromatic heterocycles. The Morgan fingerprint density at radius 3 is 2.70 bits per heavy atom. The van der Waals surface area contributed by atoms with Gasteiger partial charge in [0.25, 0.3) is 0 Å². The highest BCUT2D eigenvalue weighted by Gasteiger charge is 2.18. The van der Waals surface area contributed by atoms with Crippen molar-refractivity contribution in [2.24, 2.45) is 0 Å². The van der Waals surface area contributed by atoms with E-state index in [-0.39, 0.29) is 0 Å². The standard InChI is InChI=1S/C8H18N2/c1-4-8-6-10(3)5-7(2)9-8/h7-9H,4-6H2,1-3H3/t7-,8-/m1/s1. The topological polar surface area (TPSA) is 15.3 Å². The molecule has 1 fully saturated rings. The van der Waals surface area contributed by atoms with Gasteiger partial charge >= 0.3 is 0 Å². The van der Waals surface area contributed by atoms with Gasteiger partial charge in [-0.05, 0) is 20.4 Å². The van der Waals surface area contributed by atoms with E-state index in [1.165, 1.54) is 19.5 Å². The van der Waals surface area contributed by atoms with Crippen molar-refractivity contribution in [1.82, 2.24) is 10.2 Å². The van der Waals surface area contributed by atoms with Gasteiger partial charge in [0.1, 0.15) is 0 Å². The van der Waals surface area contributed by atoms with Crippen molar-refractivity contribution in [2.75, 3.05) is 20.1 Å². The molecule has 2 nitrogen and oxygen atoms in total. The number of hydrogen-bond acceptors (Lipinski definition) is 2. The molecule has 10 heavy (non-hydrogen) atoms. The van der Waals surface area contributed by atoms with Gasteiger partial charge in [-0.3, -0.25) is 0 Å². The fraction of sp³-hybridized carbons (Fsp3) is 1.00. The molecule has 0 aliphatic carbocycles. The van der Waals surface area contributed by atoms with Crippen molar-refractivity contribution in [3.63, 3.8) is 0 Å². The third-order valence-electron chi connectivity index (χ3n) is 2.13. The first-order valence-electron chi connectivity index (χ1n) is 4.17. The summed E-state index contributed by atoms with van der Waals surface area (Å²) < 4.78 is 0. The minimum Gasteiger partial charge on any atom is -0.309 e. The molecule has 2 atom stereocenters. The Bertz CT molecular complexity index is 93.4. The van der Waals surface area contributed by atoms with Crippen LogP contribution in [-0.4, -0.2) is 37.1 Å². The second-order valence-electron chi connectivity index (χ2n) is 3.39. The summed E-state index contributed by atoms with van der Waals surface area (Å²) in [6.07, 6.45) is 1.24. The molecule has 1 saturated heterocycles. The predicted molar refractivity (Wildman–Crippen MR) is 44.2 cm³/mol. The van der Waals surface area contributed by atoms with Gasteiger partial charge in [-0.15, -0.1) is 0 Å². The summed E-state index contributed by atoms with van der Waals surface area (Å²) in [5.74, 6) is 0. The zero-order valence-corrected chi connectivity index (χ0v) is 7.22. The number of likely N-dealkylation sites (N-methyl/N-ethyl adjacent to an activating group) is 1. The molecule has 0 saturated carbocycles. The van der Waals surface area contributed by atoms with E-state index in [0.717, 1.165) is 0 Å². The van der Waals surface area contributed by atoms with Crippen LogP contribution in [0.15, 0.2) is 0 Å². The van der Waals surface area contributed by atoms with Gasteiger partial charge in [0.15, 0.2) is 0 Å². The quantitative estimate of drug-likeness (QED) is 0.579. The van der Waals surface area contributed by atoms with Crippen LogP contribution in [0.2, 0.25) is 0 Å². The van der Waals surface area contributed by atoms with Gasteiger partial charge in [-0.25, -0.2) is 0 Å². The van der Waals surface area contributed by atoms with Gasteiger partial charge in [0.05, 0.1) is 0 Å². The highest BCUT2D eigenvalue weighted by atomic mass is 15.2. The molecule has 60 valence electrons. The molecule has 0 amide bonds. The first-order valence-corrected chi connectivity index (χ1v) is 4.17. The van der Waals surface area contributed by atoms with Gasteiger partial charge < -0.3 is 10.2 Å². The number of nitrogens with one attached hydrogen (secondary N) is 1. The first kappa shape index (κ1) is 8.02. The molecule has 1 N–H and O–H groups in total. The van der Waals surface area contributed by atoms with E-state index in [2.05, 4.69) is 31.1 Å². The van der Waals surface area contributed by atoms with E-state index >= 15 is 0 Å². The predicted octanol–water partition coefficient (Wildman–Crippen LogP) is 0.689. The van der Waals surface area contributed by atoms with Crippen molar-refractivity contribution in [3.05, 3.63) is 0 Å². The van der Waals surface area contributed by atoms with Crippen LogP contribution in [0.5, 0.6) is 0 Å². The smallest absolute Gasteiger partial charge is 0.0195 e. The third-order valence-corrected chi connectivity index (χ3v) is 2.13. The zero-order valence-electron chi connectivity index (χ0n) is 7.22. The minimum atomic E-state index is 0.670. The van der Waals surface area contributed by atoms with Crippen molar-refractivity contribution < 1.29 is 0 Å². The van der Waals surface area contributed by atoms with Gasteiger partial charge in [-0.1, -0.05) is 6.92 Å². The molecule has 0 unspecified atom stereocenters. The van der Waals surface area contributed by atoms with Crippen LogP contribution >= 0.6 is 0 Å². The fourth-order valence-electron chi connectivity index (χ4n) is 1.67. The highest BCUT2D eigenvalue weighted by Crippen LogP contribution is 2.03. The lowest BCUT2D eigenvalue weighted by atomic mass is 10.1. The summed E-state index contributed by atoms with van der Waals surface area (Å²) in [4.78, 5) is 2.40. The van der Waals surface area contributed by atoms with Crippen LogP contribution in [0.3, 0.4) is 0 Å². The van der Waals surface area contributed by atoms with Crippen molar-refractivity contribution >= 4 is 0 Å². The van der Waals surface area contributed by atoms with E-state index in [1.807, 2.05) is 0 Å². The summed E-state index contributed by atoms with van der Waals surface area (Å²) in [5, 5.41) is 3.55. The van der Waals surface area contributed by atoms with Gasteiger partial charge in [0.2, 0.25) is 0 Å². The maximum atomic E-state index is 3.55. The number of nitrogens with zero attached hydrogens (tertiary/aromatic N) is 1. The maximum absolute atomic E-state index is 3.55. The summed E-state index contributed by atoms with van der Waals surface area (Å²) in [7, 11) is 2.19. The Hall–Kier alpha value is -0.0800. The highest BCUT2D eigenvalue weighted by molar-refractivity contribution is 4.80. The van der Waals surface area contributed by atoms with E-state index in [0.29, 0.717) is 12.1 Å².